The van der Waals surface area contributed by atoms with Gasteiger partial charge in [-0.15, -0.1) is 11.3 Å². The zero-order chi connectivity index (χ0) is 10.6. The summed E-state index contributed by atoms with van der Waals surface area (Å²) in [6.45, 7) is 4.83. The highest BCUT2D eigenvalue weighted by atomic mass is 32.1. The summed E-state index contributed by atoms with van der Waals surface area (Å²) < 4.78 is 0. The molecule has 0 aliphatic rings. The monoisotopic (exact) mass is 212 g/mol. The highest BCUT2D eigenvalue weighted by molar-refractivity contribution is 7.11. The molecule has 0 atom stereocenters. The molecule has 1 aromatic heterocycles. The Bertz CT molecular complexity index is 330. The maximum Gasteiger partial charge on any atom is 0.191 e. The van der Waals surface area contributed by atoms with Crippen molar-refractivity contribution in [1.82, 2.24) is 15.6 Å². The highest BCUT2D eigenvalue weighted by Gasteiger charge is 2.04. The summed E-state index contributed by atoms with van der Waals surface area (Å²) in [7, 11) is 3.60. The minimum absolute atomic E-state index is 0.783. The Morgan fingerprint density at radius 1 is 1.50 bits per heavy atom. The van der Waals surface area contributed by atoms with Gasteiger partial charge in [-0.2, -0.15) is 0 Å². The lowest BCUT2D eigenvalue weighted by molar-refractivity contribution is 0.869. The molecule has 0 aromatic carbocycles. The van der Waals surface area contributed by atoms with Crippen molar-refractivity contribution in [2.45, 2.75) is 20.4 Å². The van der Waals surface area contributed by atoms with Crippen molar-refractivity contribution in [3.05, 3.63) is 15.6 Å². The van der Waals surface area contributed by atoms with Crippen molar-refractivity contribution in [1.29, 1.82) is 0 Å². The van der Waals surface area contributed by atoms with Crippen LogP contribution in [0.15, 0.2) is 4.99 Å². The van der Waals surface area contributed by atoms with Crippen LogP contribution in [0.5, 0.6) is 0 Å². The summed E-state index contributed by atoms with van der Waals surface area (Å²) in [6.07, 6.45) is 0. The molecule has 0 fully saturated rings. The number of rotatable bonds is 2. The number of aryl methyl sites for hydroxylation is 2. The smallest absolute Gasteiger partial charge is 0.191 e. The standard InChI is InChI=1S/C9H16N4S/c1-6-8(14-7(2)13-6)5-12-9(10-3)11-4/h5H2,1-4H3,(H2,10,11,12). The van der Waals surface area contributed by atoms with Crippen molar-refractivity contribution < 1.29 is 0 Å². The van der Waals surface area contributed by atoms with E-state index in [1.807, 2.05) is 20.9 Å². The molecule has 1 heterocycles. The van der Waals surface area contributed by atoms with Crippen molar-refractivity contribution in [3.8, 4) is 0 Å². The number of hydrogen-bond acceptors (Lipinski definition) is 3. The van der Waals surface area contributed by atoms with Gasteiger partial charge in [0.1, 0.15) is 0 Å². The van der Waals surface area contributed by atoms with Gasteiger partial charge in [0.15, 0.2) is 5.96 Å². The number of nitrogens with zero attached hydrogens (tertiary/aromatic N) is 2. The summed E-state index contributed by atoms with van der Waals surface area (Å²) >= 11 is 1.72. The van der Waals surface area contributed by atoms with Gasteiger partial charge in [-0.05, 0) is 13.8 Å². The fourth-order valence-corrected chi connectivity index (χ4v) is 2.06. The maximum atomic E-state index is 4.36. The van der Waals surface area contributed by atoms with E-state index in [1.165, 1.54) is 4.88 Å². The lowest BCUT2D eigenvalue weighted by Gasteiger charge is -2.06. The zero-order valence-corrected chi connectivity index (χ0v) is 9.83. The van der Waals surface area contributed by atoms with Crippen molar-refractivity contribution in [2.75, 3.05) is 14.1 Å². The van der Waals surface area contributed by atoms with Gasteiger partial charge in [0, 0.05) is 19.0 Å². The SMILES string of the molecule is CN=C(NC)NCc1sc(C)nc1C. The third-order valence-corrected chi connectivity index (χ3v) is 2.95. The second-order valence-electron chi connectivity index (χ2n) is 2.92. The first kappa shape index (κ1) is 11.0. The number of thiazole rings is 1. The molecule has 0 bridgehead atoms. The Morgan fingerprint density at radius 3 is 2.64 bits per heavy atom. The third kappa shape index (κ3) is 2.70. The van der Waals surface area contributed by atoms with Crippen LogP contribution in [0, 0.1) is 13.8 Å². The summed E-state index contributed by atoms with van der Waals surface area (Å²) in [5, 5.41) is 7.28. The van der Waals surface area contributed by atoms with E-state index in [1.54, 1.807) is 18.4 Å². The van der Waals surface area contributed by atoms with Gasteiger partial charge in [0.25, 0.3) is 0 Å². The second-order valence-corrected chi connectivity index (χ2v) is 4.20. The first-order chi connectivity index (χ1) is 6.67. The van der Waals surface area contributed by atoms with Crippen LogP contribution in [-0.4, -0.2) is 25.0 Å². The Labute approximate surface area is 88.5 Å². The summed E-state index contributed by atoms with van der Waals surface area (Å²) in [4.78, 5) is 9.66. The second kappa shape index (κ2) is 4.95. The molecule has 14 heavy (non-hydrogen) atoms. The molecule has 1 rings (SSSR count). The molecule has 0 aliphatic carbocycles. The van der Waals surface area contributed by atoms with E-state index >= 15 is 0 Å². The van der Waals surface area contributed by atoms with Gasteiger partial charge in [-0.1, -0.05) is 0 Å². The topological polar surface area (TPSA) is 49.3 Å². The maximum absolute atomic E-state index is 4.36. The van der Waals surface area contributed by atoms with E-state index in [-0.39, 0.29) is 0 Å². The van der Waals surface area contributed by atoms with E-state index in [0.29, 0.717) is 0 Å². The fourth-order valence-electron chi connectivity index (χ4n) is 1.18. The Morgan fingerprint density at radius 2 is 2.21 bits per heavy atom. The summed E-state index contributed by atoms with van der Waals surface area (Å²) in [6, 6.07) is 0. The van der Waals surface area contributed by atoms with Crippen LogP contribution in [0.1, 0.15) is 15.6 Å². The number of aromatic nitrogens is 1. The predicted octanol–water partition coefficient (Wildman–Crippen LogP) is 1.05. The molecular formula is C9H16N4S. The van der Waals surface area contributed by atoms with E-state index in [2.05, 4.69) is 20.6 Å². The van der Waals surface area contributed by atoms with Gasteiger partial charge >= 0.3 is 0 Å². The molecule has 0 saturated carbocycles. The van der Waals surface area contributed by atoms with Crippen LogP contribution >= 0.6 is 11.3 Å². The van der Waals surface area contributed by atoms with Gasteiger partial charge < -0.3 is 10.6 Å². The van der Waals surface area contributed by atoms with E-state index in [9.17, 15) is 0 Å². The molecule has 0 aliphatic heterocycles. The first-order valence-electron chi connectivity index (χ1n) is 4.48. The van der Waals surface area contributed by atoms with Gasteiger partial charge in [0.05, 0.1) is 17.2 Å². The van der Waals surface area contributed by atoms with Crippen LogP contribution in [0.4, 0.5) is 0 Å². The van der Waals surface area contributed by atoms with Crippen LogP contribution in [-0.2, 0) is 6.54 Å². The minimum atomic E-state index is 0.783. The quantitative estimate of drug-likeness (QED) is 0.569. The van der Waals surface area contributed by atoms with Crippen molar-refractivity contribution >= 4 is 17.3 Å². The summed E-state index contributed by atoms with van der Waals surface area (Å²) in [5.41, 5.74) is 1.10. The summed E-state index contributed by atoms with van der Waals surface area (Å²) in [5.74, 6) is 0.801. The number of hydrogen-bond donors (Lipinski definition) is 2. The molecule has 0 saturated heterocycles. The van der Waals surface area contributed by atoms with E-state index in [0.717, 1.165) is 23.2 Å². The van der Waals surface area contributed by atoms with Gasteiger partial charge in [0.2, 0.25) is 0 Å². The average molecular weight is 212 g/mol. The van der Waals surface area contributed by atoms with E-state index in [4.69, 9.17) is 0 Å². The molecule has 78 valence electrons. The molecule has 0 unspecified atom stereocenters. The van der Waals surface area contributed by atoms with Crippen LogP contribution in [0.2, 0.25) is 0 Å². The normalized spacial score (nSPS) is 11.6. The molecule has 2 N–H and O–H groups in total. The van der Waals surface area contributed by atoms with Crippen LogP contribution < -0.4 is 10.6 Å². The lowest BCUT2D eigenvalue weighted by Crippen LogP contribution is -2.33. The minimum Gasteiger partial charge on any atom is -0.359 e. The van der Waals surface area contributed by atoms with E-state index < -0.39 is 0 Å². The van der Waals surface area contributed by atoms with Gasteiger partial charge in [-0.25, -0.2) is 4.98 Å². The fraction of sp³-hybridized carbons (Fsp3) is 0.556. The number of guanidine groups is 1. The molecule has 0 amide bonds. The Hall–Kier alpha value is -1.10. The highest BCUT2D eigenvalue weighted by Crippen LogP contribution is 2.16. The predicted molar refractivity (Wildman–Crippen MR) is 60.8 cm³/mol. The Balaban J connectivity index is 2.57. The first-order valence-corrected chi connectivity index (χ1v) is 5.30. The number of nitrogens with one attached hydrogen (secondary N) is 2. The zero-order valence-electron chi connectivity index (χ0n) is 9.01. The van der Waals surface area contributed by atoms with Gasteiger partial charge in [-0.3, -0.25) is 4.99 Å². The van der Waals surface area contributed by atoms with Crippen LogP contribution in [0.3, 0.4) is 0 Å². The van der Waals surface area contributed by atoms with Crippen molar-refractivity contribution in [2.24, 2.45) is 4.99 Å². The molecule has 5 heteroatoms. The largest absolute Gasteiger partial charge is 0.359 e. The average Bonchev–Trinajstić information content (AvgIpc) is 2.47. The van der Waals surface area contributed by atoms with Crippen LogP contribution in [0.25, 0.3) is 0 Å². The van der Waals surface area contributed by atoms with Crippen molar-refractivity contribution in [3.63, 3.8) is 0 Å². The molecular weight excluding hydrogens is 196 g/mol. The molecule has 1 aromatic rings. The lowest BCUT2D eigenvalue weighted by atomic mass is 10.4. The third-order valence-electron chi connectivity index (χ3n) is 1.88. The number of aliphatic imine (C=N–C) groups is 1. The molecule has 0 radical (unpaired) electrons. The Kier molecular flexibility index (Phi) is 3.88. The molecule has 4 nitrogen and oxygen atoms in total. The molecule has 0 spiro atoms.